The molecule has 6 aliphatic rings. The molecule has 5 heterocycles. The van der Waals surface area contributed by atoms with Crippen LogP contribution in [0.3, 0.4) is 0 Å². The van der Waals surface area contributed by atoms with Gasteiger partial charge in [-0.2, -0.15) is 5.26 Å². The molecule has 3 aromatic carbocycles. The molecule has 0 spiro atoms. The van der Waals surface area contributed by atoms with Crippen LogP contribution in [0.1, 0.15) is 75.2 Å². The lowest BCUT2D eigenvalue weighted by molar-refractivity contribution is -0.136. The summed E-state index contributed by atoms with van der Waals surface area (Å²) >= 11 is 6.24. The smallest absolute Gasteiger partial charge is 0.264 e. The van der Waals surface area contributed by atoms with Crippen LogP contribution in [0.4, 0.5) is 11.4 Å². The van der Waals surface area contributed by atoms with Crippen molar-refractivity contribution in [3.63, 3.8) is 0 Å². The van der Waals surface area contributed by atoms with Crippen molar-refractivity contribution in [1.29, 1.82) is 5.26 Å². The number of nitrogens with zero attached hydrogens (tertiary/aromatic N) is 6. The fourth-order valence-electron chi connectivity index (χ4n) is 9.82. The van der Waals surface area contributed by atoms with Gasteiger partial charge in [0.05, 0.1) is 33.4 Å². The van der Waals surface area contributed by atoms with Gasteiger partial charge in [-0.15, -0.1) is 0 Å². The van der Waals surface area contributed by atoms with Gasteiger partial charge in [0.15, 0.2) is 0 Å². The van der Waals surface area contributed by atoms with Gasteiger partial charge in [0, 0.05) is 82.0 Å². The third kappa shape index (κ3) is 6.89. The van der Waals surface area contributed by atoms with E-state index in [2.05, 4.69) is 38.2 Å². The van der Waals surface area contributed by atoms with Gasteiger partial charge in [-0.3, -0.25) is 39.1 Å². The lowest BCUT2D eigenvalue weighted by Crippen LogP contribution is -2.54. The number of likely N-dealkylation sites (tertiary alicyclic amines) is 1. The first-order chi connectivity index (χ1) is 27.7. The Balaban J connectivity index is 0.751. The number of nitriles is 1. The van der Waals surface area contributed by atoms with E-state index < -0.39 is 29.7 Å². The largest absolute Gasteiger partial charge is 0.488 e. The highest BCUT2D eigenvalue weighted by atomic mass is 35.5. The predicted octanol–water partition coefficient (Wildman–Crippen LogP) is 4.33. The number of piperidine rings is 3. The van der Waals surface area contributed by atoms with Crippen LogP contribution in [0.15, 0.2) is 60.7 Å². The summed E-state index contributed by atoms with van der Waals surface area (Å²) in [5.74, 6) is -0.511. The number of ether oxygens (including phenoxy) is 1. The molecule has 57 heavy (non-hydrogen) atoms. The molecule has 0 radical (unpaired) electrons. The Morgan fingerprint density at radius 3 is 2.35 bits per heavy atom. The molecule has 294 valence electrons. The standard InChI is InChI=1S/C43H44ClN7O6/c44-33-22-31(10-6-28(33)23-45)57-39-29-7-11-35(39)50(25-29)41(54)27-4-8-30(9-5-27)48-20-18-47(19-21-48)24-26-14-16-49(17-15-26)34-3-1-2-32-38(34)43(56)51(42(32)55)36-12-13-37(52)46-40(36)53/h1-6,8-10,22,26,29,35-36,39H,7,11-21,24-25H2,(H,46,52,53). The zero-order valence-electron chi connectivity index (χ0n) is 31.6. The van der Waals surface area contributed by atoms with Crippen molar-refractivity contribution in [3.05, 3.63) is 87.9 Å². The number of hydrogen-bond acceptors (Lipinski definition) is 10. The molecule has 13 nitrogen and oxygen atoms in total. The minimum atomic E-state index is -0.980. The first-order valence-corrected chi connectivity index (χ1v) is 20.4. The molecular weight excluding hydrogens is 746 g/mol. The van der Waals surface area contributed by atoms with E-state index in [0.717, 1.165) is 87.8 Å². The Morgan fingerprint density at radius 2 is 1.63 bits per heavy atom. The topological polar surface area (TPSA) is 147 Å². The highest BCUT2D eigenvalue weighted by Crippen LogP contribution is 2.42. The van der Waals surface area contributed by atoms with Gasteiger partial charge in [0.2, 0.25) is 11.8 Å². The molecule has 1 N–H and O–H groups in total. The number of carbonyl (C=O) groups is 5. The van der Waals surface area contributed by atoms with Crippen LogP contribution in [0.5, 0.6) is 5.75 Å². The van der Waals surface area contributed by atoms with E-state index >= 15 is 0 Å². The van der Waals surface area contributed by atoms with E-state index in [1.807, 2.05) is 23.1 Å². The summed E-state index contributed by atoms with van der Waals surface area (Å²) in [6.45, 7) is 6.90. The van der Waals surface area contributed by atoms with Gasteiger partial charge < -0.3 is 19.4 Å². The quantitative estimate of drug-likeness (QED) is 0.328. The molecular formula is C43H44ClN7O6. The number of nitrogens with one attached hydrogen (secondary N) is 1. The van der Waals surface area contributed by atoms with E-state index in [1.165, 1.54) is 0 Å². The number of fused-ring (bicyclic) bond motifs is 3. The number of imide groups is 2. The van der Waals surface area contributed by atoms with Crippen LogP contribution >= 0.6 is 11.6 Å². The monoisotopic (exact) mass is 789 g/mol. The van der Waals surface area contributed by atoms with Gasteiger partial charge in [0.1, 0.15) is 24.0 Å². The zero-order chi connectivity index (χ0) is 39.4. The molecule has 2 bridgehead atoms. The second-order valence-corrected chi connectivity index (χ2v) is 16.5. The Labute approximate surface area is 336 Å². The summed E-state index contributed by atoms with van der Waals surface area (Å²) in [4.78, 5) is 75.0. The van der Waals surface area contributed by atoms with Crippen LogP contribution < -0.4 is 19.9 Å². The molecule has 4 saturated heterocycles. The molecule has 5 aliphatic heterocycles. The SMILES string of the molecule is N#Cc1ccc(OC2C3CCC2N(C(=O)c2ccc(N4CCN(CC5CCN(c6cccc7c6C(=O)N(C6CCC(=O)NC6=O)C7=O)CC5)CC4)cc2)C3)cc1Cl. The third-order valence-electron chi connectivity index (χ3n) is 12.9. The molecule has 3 aromatic rings. The Hall–Kier alpha value is -5.45. The van der Waals surface area contributed by atoms with Crippen molar-refractivity contribution >= 4 is 52.5 Å². The van der Waals surface area contributed by atoms with E-state index in [4.69, 9.17) is 16.3 Å². The average Bonchev–Trinajstić information content (AvgIpc) is 3.86. The number of anilines is 2. The number of amides is 5. The second-order valence-electron chi connectivity index (χ2n) is 16.1. The first-order valence-electron chi connectivity index (χ1n) is 20.0. The number of hydrogen-bond donors (Lipinski definition) is 1. The van der Waals surface area contributed by atoms with Crippen LogP contribution in [-0.4, -0.2) is 115 Å². The third-order valence-corrected chi connectivity index (χ3v) is 13.2. The molecule has 0 aromatic heterocycles. The van der Waals surface area contributed by atoms with Crippen LogP contribution in [0, 0.1) is 23.2 Å². The van der Waals surface area contributed by atoms with Gasteiger partial charge in [0.25, 0.3) is 17.7 Å². The van der Waals surface area contributed by atoms with E-state index in [-0.39, 0.29) is 36.8 Å². The maximum atomic E-state index is 13.7. The van der Waals surface area contributed by atoms with Crippen LogP contribution in [0.2, 0.25) is 5.02 Å². The van der Waals surface area contributed by atoms with Crippen molar-refractivity contribution in [2.45, 2.75) is 56.7 Å². The maximum absolute atomic E-state index is 13.7. The fourth-order valence-corrected chi connectivity index (χ4v) is 10.0. The van der Waals surface area contributed by atoms with Crippen LogP contribution in [0.25, 0.3) is 0 Å². The number of halogens is 1. The van der Waals surface area contributed by atoms with Gasteiger partial charge in [-0.25, -0.2) is 0 Å². The summed E-state index contributed by atoms with van der Waals surface area (Å²) < 4.78 is 6.34. The number of rotatable bonds is 8. The number of benzene rings is 3. The van der Waals surface area contributed by atoms with Gasteiger partial charge in [-0.1, -0.05) is 17.7 Å². The maximum Gasteiger partial charge on any atom is 0.264 e. The summed E-state index contributed by atoms with van der Waals surface area (Å²) in [7, 11) is 0. The van der Waals surface area contributed by atoms with Crippen molar-refractivity contribution < 1.29 is 28.7 Å². The minimum Gasteiger partial charge on any atom is -0.488 e. The second kappa shape index (κ2) is 15.1. The first kappa shape index (κ1) is 37.1. The van der Waals surface area contributed by atoms with Crippen molar-refractivity contribution in [2.24, 2.45) is 11.8 Å². The average molecular weight is 790 g/mol. The molecule has 5 amide bonds. The predicted molar refractivity (Wildman–Crippen MR) is 211 cm³/mol. The summed E-state index contributed by atoms with van der Waals surface area (Å²) in [6, 6.07) is 19.5. The lowest BCUT2D eigenvalue weighted by atomic mass is 9.94. The van der Waals surface area contributed by atoms with Crippen molar-refractivity contribution in [1.82, 2.24) is 20.0 Å². The molecule has 1 aliphatic carbocycles. The summed E-state index contributed by atoms with van der Waals surface area (Å²) in [5, 5.41) is 11.8. The fraction of sp³-hybridized carbons (Fsp3) is 0.442. The molecule has 14 heteroatoms. The minimum absolute atomic E-state index is 0.00339. The summed E-state index contributed by atoms with van der Waals surface area (Å²) in [6.07, 6.45) is 3.98. The van der Waals surface area contributed by atoms with E-state index in [0.29, 0.717) is 45.5 Å². The van der Waals surface area contributed by atoms with Crippen molar-refractivity contribution in [2.75, 3.05) is 62.2 Å². The lowest BCUT2D eigenvalue weighted by Gasteiger charge is -2.40. The number of carbonyl (C=O) groups excluding carboxylic acids is 5. The summed E-state index contributed by atoms with van der Waals surface area (Å²) in [5.41, 5.74) is 3.60. The molecule has 5 fully saturated rings. The van der Waals surface area contributed by atoms with Gasteiger partial charge in [-0.05, 0) is 86.6 Å². The zero-order valence-corrected chi connectivity index (χ0v) is 32.3. The van der Waals surface area contributed by atoms with E-state index in [9.17, 15) is 29.2 Å². The Kier molecular flexibility index (Phi) is 9.86. The Bertz CT molecular complexity index is 2170. The van der Waals surface area contributed by atoms with Crippen molar-refractivity contribution in [3.8, 4) is 11.8 Å². The molecule has 9 rings (SSSR count). The normalized spacial score (nSPS) is 25.2. The highest BCUT2D eigenvalue weighted by molar-refractivity contribution is 6.31. The highest BCUT2D eigenvalue weighted by Gasteiger charge is 2.51. The van der Waals surface area contributed by atoms with Gasteiger partial charge >= 0.3 is 0 Å². The van der Waals surface area contributed by atoms with Crippen LogP contribution in [-0.2, 0) is 9.59 Å². The molecule has 4 atom stereocenters. The van der Waals surface area contributed by atoms with E-state index in [1.54, 1.807) is 30.3 Å². The number of piperazine rings is 1. The molecule has 4 unspecified atom stereocenters. The Morgan fingerprint density at radius 1 is 0.860 bits per heavy atom. The molecule has 1 saturated carbocycles.